The Hall–Kier alpha value is -2.22. The smallest absolute Gasteiger partial charge is 0.323 e. The van der Waals surface area contributed by atoms with Gasteiger partial charge in [0.15, 0.2) is 11.6 Å². The van der Waals surface area contributed by atoms with Crippen molar-refractivity contribution in [1.82, 2.24) is 0 Å². The molecule has 1 aromatic carbocycles. The normalized spacial score (nSPS) is 11.8. The van der Waals surface area contributed by atoms with Crippen LogP contribution in [0.25, 0.3) is 0 Å². The Morgan fingerprint density at radius 3 is 2.80 bits per heavy atom. The van der Waals surface area contributed by atoms with Crippen LogP contribution in [-0.4, -0.2) is 30.1 Å². The third kappa shape index (κ3) is 4.47. The second-order valence-corrected chi connectivity index (χ2v) is 3.87. The van der Waals surface area contributed by atoms with E-state index in [-0.39, 0.29) is 31.1 Å². The summed E-state index contributed by atoms with van der Waals surface area (Å²) < 4.78 is 23.3. The quantitative estimate of drug-likeness (QED) is 0.461. The van der Waals surface area contributed by atoms with Gasteiger partial charge in [-0.3, -0.25) is 14.9 Å². The molecular formula is C12H15FN2O5. The van der Waals surface area contributed by atoms with E-state index in [0.29, 0.717) is 0 Å². The Labute approximate surface area is 114 Å². The highest BCUT2D eigenvalue weighted by Crippen LogP contribution is 2.22. The van der Waals surface area contributed by atoms with Gasteiger partial charge in [0.05, 0.1) is 24.2 Å². The molecule has 0 aromatic heterocycles. The molecule has 0 saturated carbocycles. The first kappa shape index (κ1) is 15.8. The molecule has 110 valence electrons. The number of hydrogen-bond acceptors (Lipinski definition) is 6. The Morgan fingerprint density at radius 2 is 2.25 bits per heavy atom. The Kier molecular flexibility index (Phi) is 5.85. The van der Waals surface area contributed by atoms with Crippen LogP contribution in [0.1, 0.15) is 13.3 Å². The lowest BCUT2D eigenvalue weighted by Crippen LogP contribution is -2.33. The van der Waals surface area contributed by atoms with Gasteiger partial charge in [0.25, 0.3) is 5.69 Å². The van der Waals surface area contributed by atoms with Crippen molar-refractivity contribution in [3.63, 3.8) is 0 Å². The van der Waals surface area contributed by atoms with Crippen molar-refractivity contribution in [3.8, 4) is 5.75 Å². The van der Waals surface area contributed by atoms with E-state index >= 15 is 0 Å². The average Bonchev–Trinajstić information content (AvgIpc) is 2.40. The van der Waals surface area contributed by atoms with E-state index in [2.05, 4.69) is 0 Å². The van der Waals surface area contributed by atoms with Crippen LogP contribution >= 0.6 is 0 Å². The molecule has 1 rings (SSSR count). The van der Waals surface area contributed by atoms with Gasteiger partial charge in [0.1, 0.15) is 6.04 Å². The van der Waals surface area contributed by atoms with Crippen LogP contribution < -0.4 is 10.5 Å². The molecule has 0 bridgehead atoms. The van der Waals surface area contributed by atoms with E-state index in [0.717, 1.165) is 18.2 Å². The van der Waals surface area contributed by atoms with Crippen molar-refractivity contribution >= 4 is 11.7 Å². The summed E-state index contributed by atoms with van der Waals surface area (Å²) in [6.07, 6.45) is 0.148. The van der Waals surface area contributed by atoms with Crippen molar-refractivity contribution in [2.24, 2.45) is 5.73 Å². The summed E-state index contributed by atoms with van der Waals surface area (Å²) in [6, 6.07) is 2.20. The average molecular weight is 286 g/mol. The zero-order valence-corrected chi connectivity index (χ0v) is 10.9. The first-order valence-electron chi connectivity index (χ1n) is 5.94. The van der Waals surface area contributed by atoms with Gasteiger partial charge in [0.2, 0.25) is 0 Å². The molecule has 0 aliphatic carbocycles. The monoisotopic (exact) mass is 286 g/mol. The second-order valence-electron chi connectivity index (χ2n) is 3.87. The number of carbonyl (C=O) groups excluding carboxylic acids is 1. The summed E-state index contributed by atoms with van der Waals surface area (Å²) in [6.45, 7) is 1.88. The lowest BCUT2D eigenvalue weighted by atomic mass is 10.2. The predicted octanol–water partition coefficient (Wildman–Crippen LogP) is 1.39. The fourth-order valence-corrected chi connectivity index (χ4v) is 1.38. The molecule has 0 spiro atoms. The van der Waals surface area contributed by atoms with Crippen molar-refractivity contribution in [1.29, 1.82) is 0 Å². The number of ether oxygens (including phenoxy) is 2. The molecular weight excluding hydrogens is 271 g/mol. The number of carbonyl (C=O) groups is 1. The number of hydrogen-bond donors (Lipinski definition) is 1. The van der Waals surface area contributed by atoms with Gasteiger partial charge < -0.3 is 15.2 Å². The first-order valence-corrected chi connectivity index (χ1v) is 5.94. The number of non-ortho nitro benzene ring substituents is 1. The number of nitro groups is 1. The van der Waals surface area contributed by atoms with Crippen LogP contribution in [0.3, 0.4) is 0 Å². The van der Waals surface area contributed by atoms with E-state index < -0.39 is 22.8 Å². The molecule has 1 unspecified atom stereocenters. The number of rotatable bonds is 7. The highest BCUT2D eigenvalue weighted by Gasteiger charge is 2.16. The van der Waals surface area contributed by atoms with Crippen LogP contribution in [0.2, 0.25) is 0 Å². The molecule has 1 atom stereocenters. The predicted molar refractivity (Wildman–Crippen MR) is 67.8 cm³/mol. The number of benzene rings is 1. The summed E-state index contributed by atoms with van der Waals surface area (Å²) in [5.41, 5.74) is 5.17. The minimum absolute atomic E-state index is 0.00525. The molecule has 0 aliphatic heterocycles. The molecule has 0 fully saturated rings. The Bertz CT molecular complexity index is 495. The largest absolute Gasteiger partial charge is 0.490 e. The molecule has 2 N–H and O–H groups in total. The number of nitro benzene ring substituents is 1. The van der Waals surface area contributed by atoms with E-state index in [1.807, 2.05) is 0 Å². The van der Waals surface area contributed by atoms with Crippen molar-refractivity contribution < 1.29 is 23.6 Å². The molecule has 0 radical (unpaired) electrons. The van der Waals surface area contributed by atoms with Gasteiger partial charge in [-0.1, -0.05) is 0 Å². The second kappa shape index (κ2) is 7.39. The highest BCUT2D eigenvalue weighted by molar-refractivity contribution is 5.75. The summed E-state index contributed by atoms with van der Waals surface area (Å²) in [7, 11) is 0. The maximum absolute atomic E-state index is 13.5. The number of halogens is 1. The van der Waals surface area contributed by atoms with Gasteiger partial charge in [-0.2, -0.15) is 0 Å². The van der Waals surface area contributed by atoms with Gasteiger partial charge in [-0.15, -0.1) is 0 Å². The maximum Gasteiger partial charge on any atom is 0.323 e. The number of nitrogens with zero attached hydrogens (tertiary/aromatic N) is 1. The van der Waals surface area contributed by atoms with Gasteiger partial charge >= 0.3 is 5.97 Å². The summed E-state index contributed by atoms with van der Waals surface area (Å²) in [5, 5.41) is 10.4. The first-order chi connectivity index (χ1) is 9.45. The van der Waals surface area contributed by atoms with Crippen LogP contribution in [0, 0.1) is 15.9 Å². The molecule has 20 heavy (non-hydrogen) atoms. The maximum atomic E-state index is 13.5. The minimum Gasteiger partial charge on any atom is -0.490 e. The minimum atomic E-state index is -0.851. The fourth-order valence-electron chi connectivity index (χ4n) is 1.38. The van der Waals surface area contributed by atoms with Crippen molar-refractivity contribution in [3.05, 3.63) is 34.1 Å². The van der Waals surface area contributed by atoms with E-state index in [9.17, 15) is 19.3 Å². The zero-order valence-electron chi connectivity index (χ0n) is 10.9. The molecule has 0 amide bonds. The Balaban J connectivity index is 2.50. The summed E-state index contributed by atoms with van der Waals surface area (Å²) in [5.74, 6) is -1.53. The van der Waals surface area contributed by atoms with Crippen molar-refractivity contribution in [2.45, 2.75) is 19.4 Å². The lowest BCUT2D eigenvalue weighted by molar-refractivity contribution is -0.385. The zero-order chi connectivity index (χ0) is 15.1. The standard InChI is InChI=1S/C12H15FN2O5/c1-2-19-12(16)10(14)5-6-20-11-4-3-8(15(17)18)7-9(11)13/h3-4,7,10H,2,5-6,14H2,1H3. The lowest BCUT2D eigenvalue weighted by Gasteiger charge is -2.11. The third-order valence-electron chi connectivity index (χ3n) is 2.40. The third-order valence-corrected chi connectivity index (χ3v) is 2.40. The van der Waals surface area contributed by atoms with Crippen LogP contribution in [0.5, 0.6) is 5.75 Å². The summed E-state index contributed by atoms with van der Waals surface area (Å²) >= 11 is 0. The molecule has 8 heteroatoms. The van der Waals surface area contributed by atoms with E-state index in [4.69, 9.17) is 15.2 Å². The fraction of sp³-hybridized carbons (Fsp3) is 0.417. The molecule has 0 aliphatic rings. The molecule has 1 aromatic rings. The van der Waals surface area contributed by atoms with Crippen LogP contribution in [-0.2, 0) is 9.53 Å². The van der Waals surface area contributed by atoms with Gasteiger partial charge in [-0.25, -0.2) is 4.39 Å². The number of esters is 1. The van der Waals surface area contributed by atoms with Crippen molar-refractivity contribution in [2.75, 3.05) is 13.2 Å². The SMILES string of the molecule is CCOC(=O)C(N)CCOc1ccc([N+](=O)[O-])cc1F. The molecule has 7 nitrogen and oxygen atoms in total. The summed E-state index contributed by atoms with van der Waals surface area (Å²) in [4.78, 5) is 20.9. The van der Waals surface area contributed by atoms with Crippen LogP contribution in [0.15, 0.2) is 18.2 Å². The topological polar surface area (TPSA) is 105 Å². The van der Waals surface area contributed by atoms with Gasteiger partial charge in [0, 0.05) is 12.5 Å². The van der Waals surface area contributed by atoms with E-state index in [1.54, 1.807) is 6.92 Å². The molecule has 0 saturated heterocycles. The highest BCUT2D eigenvalue weighted by atomic mass is 19.1. The molecule has 0 heterocycles. The Morgan fingerprint density at radius 1 is 1.55 bits per heavy atom. The van der Waals surface area contributed by atoms with E-state index in [1.165, 1.54) is 0 Å². The van der Waals surface area contributed by atoms with Crippen LogP contribution in [0.4, 0.5) is 10.1 Å². The van der Waals surface area contributed by atoms with Gasteiger partial charge in [-0.05, 0) is 13.0 Å². The number of nitrogens with two attached hydrogens (primary N) is 1.